The van der Waals surface area contributed by atoms with E-state index in [0.29, 0.717) is 17.5 Å². The number of hydrogen-bond acceptors (Lipinski definition) is 3. The molecule has 3 nitrogen and oxygen atoms in total. The third-order valence-electron chi connectivity index (χ3n) is 6.68. The van der Waals surface area contributed by atoms with Gasteiger partial charge in [-0.1, -0.05) is 64.1 Å². The Morgan fingerprint density at radius 2 is 1.88 bits per heavy atom. The predicted molar refractivity (Wildman–Crippen MR) is 139 cm³/mol. The van der Waals surface area contributed by atoms with Crippen LogP contribution in [0.3, 0.4) is 0 Å². The molecule has 3 rings (SSSR count). The molecule has 0 amide bonds. The Hall–Kier alpha value is -2.68. The molecule has 0 aromatic heterocycles. The number of rotatable bonds is 11. The van der Waals surface area contributed by atoms with Crippen molar-refractivity contribution < 1.29 is 9.53 Å². The van der Waals surface area contributed by atoms with Crippen LogP contribution in [0.2, 0.25) is 0 Å². The molecule has 0 spiro atoms. The highest BCUT2D eigenvalue weighted by atomic mass is 16.5. The molecule has 0 bridgehead atoms. The predicted octanol–water partition coefficient (Wildman–Crippen LogP) is 7.47. The summed E-state index contributed by atoms with van der Waals surface area (Å²) in [5.41, 5.74) is 5.77. The van der Waals surface area contributed by atoms with Crippen LogP contribution in [-0.4, -0.2) is 19.1 Å². The maximum absolute atomic E-state index is 13.3. The normalized spacial score (nSPS) is 16.5. The quantitative estimate of drug-likeness (QED) is 0.360. The van der Waals surface area contributed by atoms with Gasteiger partial charge in [-0.05, 0) is 84.7 Å². The third-order valence-corrected chi connectivity index (χ3v) is 6.68. The number of ether oxygens (including phenoxy) is 1. The van der Waals surface area contributed by atoms with Crippen LogP contribution in [0, 0.1) is 17.8 Å². The van der Waals surface area contributed by atoms with E-state index in [0.717, 1.165) is 44.3 Å². The van der Waals surface area contributed by atoms with Crippen LogP contribution in [0.4, 0.5) is 0 Å². The molecule has 33 heavy (non-hydrogen) atoms. The van der Waals surface area contributed by atoms with Crippen molar-refractivity contribution in [3.05, 3.63) is 65.4 Å². The summed E-state index contributed by atoms with van der Waals surface area (Å²) in [6.07, 6.45) is 9.67. The Morgan fingerprint density at radius 1 is 1.12 bits per heavy atom. The first-order chi connectivity index (χ1) is 15.9. The number of carbonyl (C=O) groups is 1. The molecule has 0 aliphatic carbocycles. The van der Waals surface area contributed by atoms with Crippen molar-refractivity contribution >= 4 is 12.0 Å². The first kappa shape index (κ1) is 25.0. The fourth-order valence-electron chi connectivity index (χ4n) is 4.60. The smallest absolute Gasteiger partial charge is 0.183 e. The summed E-state index contributed by atoms with van der Waals surface area (Å²) in [6, 6.07) is 15.1. The summed E-state index contributed by atoms with van der Waals surface area (Å²) >= 11 is 0. The Labute approximate surface area is 200 Å². The van der Waals surface area contributed by atoms with Gasteiger partial charge in [0.05, 0.1) is 7.11 Å². The summed E-state index contributed by atoms with van der Waals surface area (Å²) in [5, 5.41) is 0. The van der Waals surface area contributed by atoms with Gasteiger partial charge in [-0.25, -0.2) is 0 Å². The number of hydrogen-bond donors (Lipinski definition) is 0. The number of allylic oxidation sites excluding steroid dienone is 2. The van der Waals surface area contributed by atoms with Gasteiger partial charge in [0.15, 0.2) is 5.78 Å². The van der Waals surface area contributed by atoms with Crippen molar-refractivity contribution in [3.8, 4) is 16.9 Å². The number of aryl methyl sites for hydroxylation is 2. The van der Waals surface area contributed by atoms with E-state index >= 15 is 0 Å². The lowest BCUT2D eigenvalue weighted by Crippen LogP contribution is -2.21. The number of Topliss-reactive ketones (excluding diaryl/α,β-unsaturated/α-hetero) is 1. The van der Waals surface area contributed by atoms with Crippen molar-refractivity contribution in [2.75, 3.05) is 7.11 Å². The minimum Gasteiger partial charge on any atom is -0.497 e. The second-order valence-corrected chi connectivity index (χ2v) is 9.57. The highest BCUT2D eigenvalue weighted by Crippen LogP contribution is 2.30. The SMILES string of the molecule is CCc1ccc(CCC(CC(C)C)C(=O)C2=CCC(CC)C=N2)cc1-c1ccc(OC)cc1. The molecular formula is C30H39NO2. The second kappa shape index (κ2) is 12.0. The number of nitrogens with zero attached hydrogens (tertiary/aromatic N) is 1. The summed E-state index contributed by atoms with van der Waals surface area (Å²) < 4.78 is 5.32. The highest BCUT2D eigenvalue weighted by Gasteiger charge is 2.24. The Morgan fingerprint density at radius 3 is 2.45 bits per heavy atom. The highest BCUT2D eigenvalue weighted by molar-refractivity contribution is 5.98. The molecule has 1 aliphatic heterocycles. The largest absolute Gasteiger partial charge is 0.497 e. The topological polar surface area (TPSA) is 38.7 Å². The fourth-order valence-corrected chi connectivity index (χ4v) is 4.60. The van der Waals surface area contributed by atoms with Gasteiger partial charge in [0.1, 0.15) is 11.4 Å². The van der Waals surface area contributed by atoms with Crippen LogP contribution in [0.5, 0.6) is 5.75 Å². The fraction of sp³-hybridized carbons (Fsp3) is 0.467. The molecular weight excluding hydrogens is 406 g/mol. The molecule has 0 fully saturated rings. The Bertz CT molecular complexity index is 985. The molecule has 1 heterocycles. The third kappa shape index (κ3) is 6.66. The van der Waals surface area contributed by atoms with E-state index in [1.807, 2.05) is 18.3 Å². The Kier molecular flexibility index (Phi) is 9.05. The summed E-state index contributed by atoms with van der Waals surface area (Å²) in [6.45, 7) is 8.76. The van der Waals surface area contributed by atoms with Gasteiger partial charge >= 0.3 is 0 Å². The first-order valence-corrected chi connectivity index (χ1v) is 12.5. The van der Waals surface area contributed by atoms with Crippen molar-refractivity contribution in [2.45, 2.75) is 66.2 Å². The minimum atomic E-state index is 0.0156. The lowest BCUT2D eigenvalue weighted by atomic mass is 9.85. The lowest BCUT2D eigenvalue weighted by Gasteiger charge is -2.21. The van der Waals surface area contributed by atoms with Crippen molar-refractivity contribution in [1.82, 2.24) is 0 Å². The van der Waals surface area contributed by atoms with E-state index < -0.39 is 0 Å². The zero-order valence-corrected chi connectivity index (χ0v) is 20.9. The number of methoxy groups -OCH3 is 1. The summed E-state index contributed by atoms with van der Waals surface area (Å²) in [4.78, 5) is 17.8. The maximum atomic E-state index is 13.3. The summed E-state index contributed by atoms with van der Waals surface area (Å²) in [7, 11) is 1.69. The summed E-state index contributed by atoms with van der Waals surface area (Å²) in [5.74, 6) is 2.05. The van der Waals surface area contributed by atoms with E-state index in [9.17, 15) is 4.79 Å². The van der Waals surface area contributed by atoms with E-state index in [2.05, 4.69) is 69.1 Å². The molecule has 2 aromatic carbocycles. The zero-order chi connectivity index (χ0) is 23.8. The van der Waals surface area contributed by atoms with Crippen LogP contribution in [0.15, 0.2) is 59.2 Å². The van der Waals surface area contributed by atoms with Crippen molar-refractivity contribution in [2.24, 2.45) is 22.7 Å². The van der Waals surface area contributed by atoms with Crippen LogP contribution in [-0.2, 0) is 17.6 Å². The molecule has 2 unspecified atom stereocenters. The van der Waals surface area contributed by atoms with Gasteiger partial charge in [0, 0.05) is 12.1 Å². The van der Waals surface area contributed by atoms with Crippen LogP contribution in [0.1, 0.15) is 64.5 Å². The molecule has 0 saturated heterocycles. The molecule has 176 valence electrons. The minimum absolute atomic E-state index is 0.0156. The molecule has 3 heteroatoms. The van der Waals surface area contributed by atoms with Gasteiger partial charge in [-0.2, -0.15) is 0 Å². The van der Waals surface area contributed by atoms with Crippen molar-refractivity contribution in [3.63, 3.8) is 0 Å². The second-order valence-electron chi connectivity index (χ2n) is 9.57. The maximum Gasteiger partial charge on any atom is 0.183 e. The molecule has 1 aliphatic rings. The standard InChI is InChI=1S/C30H39NO2/c1-6-22-10-17-29(31-20-22)30(32)26(18-21(3)4)12-9-23-8-11-24(7-2)28(19-23)25-13-15-27(33-5)16-14-25/h8,11,13-17,19-22,26H,6-7,9-10,12,18H2,1-5H3. The average molecular weight is 446 g/mol. The van der Waals surface area contributed by atoms with Gasteiger partial charge < -0.3 is 4.74 Å². The van der Waals surface area contributed by atoms with Crippen molar-refractivity contribution in [1.29, 1.82) is 0 Å². The molecule has 0 saturated carbocycles. The van der Waals surface area contributed by atoms with Gasteiger partial charge in [0.2, 0.25) is 0 Å². The van der Waals surface area contributed by atoms with E-state index in [4.69, 9.17) is 4.74 Å². The molecule has 0 N–H and O–H groups in total. The van der Waals surface area contributed by atoms with Gasteiger partial charge in [-0.15, -0.1) is 0 Å². The number of ketones is 1. The van der Waals surface area contributed by atoms with E-state index in [1.165, 1.54) is 22.3 Å². The monoisotopic (exact) mass is 445 g/mol. The Balaban J connectivity index is 1.77. The number of benzene rings is 2. The molecule has 2 aromatic rings. The first-order valence-electron chi connectivity index (χ1n) is 12.5. The zero-order valence-electron chi connectivity index (χ0n) is 20.9. The van der Waals surface area contributed by atoms with Gasteiger partial charge in [-0.3, -0.25) is 9.79 Å². The van der Waals surface area contributed by atoms with E-state index in [-0.39, 0.29) is 11.7 Å². The van der Waals surface area contributed by atoms with Gasteiger partial charge in [0.25, 0.3) is 0 Å². The number of aliphatic imine (C=N–C) groups is 1. The van der Waals surface area contributed by atoms with Crippen LogP contribution in [0.25, 0.3) is 11.1 Å². The van der Waals surface area contributed by atoms with Crippen LogP contribution < -0.4 is 4.74 Å². The molecule has 2 atom stereocenters. The van der Waals surface area contributed by atoms with Crippen LogP contribution >= 0.6 is 0 Å². The lowest BCUT2D eigenvalue weighted by molar-refractivity contribution is -0.120. The average Bonchev–Trinajstić information content (AvgIpc) is 2.85. The molecule has 0 radical (unpaired) electrons. The van der Waals surface area contributed by atoms with E-state index in [1.54, 1.807) is 7.11 Å². The number of carbonyl (C=O) groups excluding carboxylic acids is 1.